The molecule has 0 aliphatic heterocycles. The number of methoxy groups -OCH3 is 1. The molecule has 0 saturated carbocycles. The molecule has 0 spiro atoms. The first-order valence-electron chi connectivity index (χ1n) is 11.7. The molecule has 0 amide bonds. The summed E-state index contributed by atoms with van der Waals surface area (Å²) >= 11 is 0. The van der Waals surface area contributed by atoms with E-state index in [2.05, 4.69) is 38.5 Å². The number of sulfone groups is 1. The van der Waals surface area contributed by atoms with Gasteiger partial charge >= 0.3 is 0 Å². The average Bonchev–Trinajstić information content (AvgIpc) is 2.90. The Morgan fingerprint density at radius 3 is 2.41 bits per heavy atom. The largest absolute Gasteiger partial charge is 0.385 e. The first-order valence-corrected chi connectivity index (χ1v) is 14.9. The van der Waals surface area contributed by atoms with E-state index in [1.54, 1.807) is 32.2 Å². The van der Waals surface area contributed by atoms with Crippen LogP contribution in [0.2, 0.25) is 0 Å². The molecular weight excluding hydrogens is 544 g/mol. The van der Waals surface area contributed by atoms with Gasteiger partial charge in [-0.15, -0.1) is 10.2 Å². The lowest BCUT2D eigenvalue weighted by atomic mass is 10.1. The Balaban J connectivity index is 2.09. The maximum absolute atomic E-state index is 11.9. The smallest absolute Gasteiger partial charge is 0.295 e. The average molecular weight is 573 g/mol. The van der Waals surface area contributed by atoms with E-state index < -0.39 is 20.0 Å². The zero-order valence-electron chi connectivity index (χ0n) is 21.4. The number of benzene rings is 2. The minimum atomic E-state index is -4.48. The summed E-state index contributed by atoms with van der Waals surface area (Å²) in [5.74, 6) is 0.247. The molecule has 39 heavy (non-hydrogen) atoms. The first kappa shape index (κ1) is 29.7. The summed E-state index contributed by atoms with van der Waals surface area (Å²) in [6.07, 6.45) is 0.663. The van der Waals surface area contributed by atoms with Crippen LogP contribution in [0.15, 0.2) is 63.5 Å². The van der Waals surface area contributed by atoms with E-state index in [0.29, 0.717) is 42.0 Å². The van der Waals surface area contributed by atoms with Gasteiger partial charge in [0.05, 0.1) is 17.0 Å². The van der Waals surface area contributed by atoms with Crippen molar-refractivity contribution in [3.63, 3.8) is 0 Å². The predicted octanol–water partition coefficient (Wildman–Crippen LogP) is 4.50. The Morgan fingerprint density at radius 1 is 1.08 bits per heavy atom. The van der Waals surface area contributed by atoms with Gasteiger partial charge in [0.15, 0.2) is 15.7 Å². The number of rotatable bonds is 13. The molecule has 12 nitrogen and oxygen atoms in total. The summed E-state index contributed by atoms with van der Waals surface area (Å²) in [7, 11) is -6.37. The van der Waals surface area contributed by atoms with Gasteiger partial charge in [-0.05, 0) is 25.5 Å². The lowest BCUT2D eigenvalue weighted by Crippen LogP contribution is -2.16. The van der Waals surface area contributed by atoms with E-state index in [4.69, 9.17) is 4.74 Å². The van der Waals surface area contributed by atoms with E-state index in [-0.39, 0.29) is 39.6 Å². The second-order valence-electron chi connectivity index (χ2n) is 8.31. The fourth-order valence-corrected chi connectivity index (χ4v) is 4.94. The molecule has 0 unspecified atom stereocenters. The van der Waals surface area contributed by atoms with Gasteiger partial charge in [-0.2, -0.15) is 13.7 Å². The summed E-state index contributed by atoms with van der Waals surface area (Å²) in [4.78, 5) is 4.23. The highest BCUT2D eigenvalue weighted by Crippen LogP contribution is 2.37. The van der Waals surface area contributed by atoms with Gasteiger partial charge in [0.1, 0.15) is 22.5 Å². The third-order valence-electron chi connectivity index (χ3n) is 5.67. The Labute approximate surface area is 227 Å². The van der Waals surface area contributed by atoms with E-state index in [1.165, 1.54) is 18.2 Å². The van der Waals surface area contributed by atoms with Gasteiger partial charge in [-0.3, -0.25) is 4.55 Å². The van der Waals surface area contributed by atoms with Crippen LogP contribution in [0.5, 0.6) is 0 Å². The van der Waals surface area contributed by atoms with Crippen molar-refractivity contribution in [3.05, 3.63) is 59.5 Å². The van der Waals surface area contributed by atoms with Crippen molar-refractivity contribution < 1.29 is 26.1 Å². The van der Waals surface area contributed by atoms with E-state index in [1.807, 2.05) is 0 Å². The molecule has 1 aromatic heterocycles. The number of azo groups is 1. The lowest BCUT2D eigenvalue weighted by molar-refractivity contribution is 0.198. The highest BCUT2D eigenvalue weighted by molar-refractivity contribution is 7.94. The molecule has 0 bridgehead atoms. The van der Waals surface area contributed by atoms with Crippen molar-refractivity contribution in [1.29, 1.82) is 5.26 Å². The lowest BCUT2D eigenvalue weighted by Gasteiger charge is -2.15. The number of aromatic nitrogens is 1. The minimum Gasteiger partial charge on any atom is -0.385 e. The quantitative estimate of drug-likeness (QED) is 0.150. The topological polar surface area (TPSA) is 183 Å². The molecular formula is C25H28N6O6S2. The normalized spacial score (nSPS) is 11.9. The number of ether oxygens (including phenoxy) is 1. The van der Waals surface area contributed by atoms with Crippen molar-refractivity contribution in [2.75, 3.05) is 43.2 Å². The van der Waals surface area contributed by atoms with Crippen LogP contribution in [-0.2, 0) is 24.7 Å². The van der Waals surface area contributed by atoms with Crippen LogP contribution in [0.25, 0.3) is 10.8 Å². The third-order valence-corrected chi connectivity index (χ3v) is 7.87. The van der Waals surface area contributed by atoms with Gasteiger partial charge in [-0.1, -0.05) is 30.8 Å². The second kappa shape index (κ2) is 12.8. The van der Waals surface area contributed by atoms with Gasteiger partial charge in [0.2, 0.25) is 0 Å². The summed E-state index contributed by atoms with van der Waals surface area (Å²) in [6.45, 7) is 5.95. The van der Waals surface area contributed by atoms with E-state index >= 15 is 0 Å². The minimum absolute atomic E-state index is 0.00961. The van der Waals surface area contributed by atoms with Crippen molar-refractivity contribution in [1.82, 2.24) is 4.98 Å². The highest BCUT2D eigenvalue weighted by atomic mass is 32.2. The number of pyridine rings is 1. The van der Waals surface area contributed by atoms with Crippen LogP contribution in [0, 0.1) is 18.3 Å². The molecule has 2 aromatic carbocycles. The van der Waals surface area contributed by atoms with Crippen molar-refractivity contribution in [2.45, 2.75) is 18.2 Å². The van der Waals surface area contributed by atoms with Gasteiger partial charge in [0.25, 0.3) is 10.1 Å². The Kier molecular flexibility index (Phi) is 9.71. The summed E-state index contributed by atoms with van der Waals surface area (Å²) < 4.78 is 62.1. The van der Waals surface area contributed by atoms with Crippen molar-refractivity contribution >= 4 is 53.7 Å². The Bertz CT molecular complexity index is 1660. The number of hydrogen-bond acceptors (Lipinski definition) is 11. The molecule has 1 heterocycles. The molecule has 3 rings (SSSR count). The second-order valence-corrected chi connectivity index (χ2v) is 11.8. The number of anilines is 2. The zero-order valence-corrected chi connectivity index (χ0v) is 23.0. The predicted molar refractivity (Wildman–Crippen MR) is 149 cm³/mol. The fraction of sp³-hybridized carbons (Fsp3) is 0.280. The fourth-order valence-electron chi connectivity index (χ4n) is 3.69. The molecule has 3 aromatic rings. The molecule has 0 aliphatic rings. The molecule has 0 radical (unpaired) electrons. The first-order chi connectivity index (χ1) is 18.5. The van der Waals surface area contributed by atoms with Gasteiger partial charge < -0.3 is 15.4 Å². The standard InChI is InChI=1S/C25H28N6O6S2/c1-4-38(32,33)15-13-28-25-23(17(2)20(16-26)24(29-25)27-12-7-14-37-3)31-30-21-10-11-22(39(34,35)36)19-9-6-5-8-18(19)21/h4-6,8-11H,1,7,12-15H2,2-3H3,(H2,27,28,29)(H,34,35,36)/b31-30+. The summed E-state index contributed by atoms with van der Waals surface area (Å²) in [5, 5.41) is 26.1. The van der Waals surface area contributed by atoms with Crippen molar-refractivity contribution in [2.24, 2.45) is 10.2 Å². The summed E-state index contributed by atoms with van der Waals surface area (Å²) in [5.41, 5.74) is 1.18. The monoisotopic (exact) mass is 572 g/mol. The maximum Gasteiger partial charge on any atom is 0.295 e. The number of nitrogens with one attached hydrogen (secondary N) is 2. The molecule has 0 atom stereocenters. The summed E-state index contributed by atoms with van der Waals surface area (Å²) in [6, 6.07) is 11.2. The number of hydrogen-bond donors (Lipinski definition) is 3. The number of nitriles is 1. The zero-order chi connectivity index (χ0) is 28.6. The van der Waals surface area contributed by atoms with Crippen LogP contribution in [0.4, 0.5) is 23.0 Å². The molecule has 0 aliphatic carbocycles. The molecule has 14 heteroatoms. The Morgan fingerprint density at radius 2 is 1.77 bits per heavy atom. The Hall–Kier alpha value is -3.90. The highest BCUT2D eigenvalue weighted by Gasteiger charge is 2.19. The van der Waals surface area contributed by atoms with Crippen LogP contribution in [0.1, 0.15) is 17.5 Å². The molecule has 206 valence electrons. The molecule has 3 N–H and O–H groups in total. The van der Waals surface area contributed by atoms with E-state index in [9.17, 15) is 26.7 Å². The van der Waals surface area contributed by atoms with Crippen LogP contribution in [0.3, 0.4) is 0 Å². The van der Waals surface area contributed by atoms with Crippen LogP contribution in [-0.4, -0.2) is 58.9 Å². The third kappa shape index (κ3) is 7.36. The SMILES string of the molecule is C=CS(=O)(=O)CCNc1nc(NCCCOC)c(C#N)c(C)c1/N=N/c1ccc(S(=O)(=O)O)c2ccccc12. The van der Waals surface area contributed by atoms with E-state index in [0.717, 1.165) is 5.41 Å². The maximum atomic E-state index is 11.9. The molecule has 0 saturated heterocycles. The van der Waals surface area contributed by atoms with Gasteiger partial charge in [-0.25, -0.2) is 13.4 Å². The number of nitrogens with zero attached hydrogens (tertiary/aromatic N) is 4. The molecule has 0 fully saturated rings. The van der Waals surface area contributed by atoms with Crippen LogP contribution >= 0.6 is 0 Å². The van der Waals surface area contributed by atoms with Gasteiger partial charge in [0, 0.05) is 48.6 Å². The van der Waals surface area contributed by atoms with Crippen LogP contribution < -0.4 is 10.6 Å². The van der Waals surface area contributed by atoms with Crippen molar-refractivity contribution in [3.8, 4) is 6.07 Å². The number of fused-ring (bicyclic) bond motifs is 1.